The molecular weight excluding hydrogens is 342 g/mol. The lowest BCUT2D eigenvalue weighted by atomic mass is 9.97. The summed E-state index contributed by atoms with van der Waals surface area (Å²) in [5.41, 5.74) is 0. The van der Waals surface area contributed by atoms with Gasteiger partial charge >= 0.3 is 0 Å². The first-order chi connectivity index (χ1) is 13.3. The molecule has 2 fully saturated rings. The molecule has 2 aromatic rings. The maximum absolute atomic E-state index is 12.8. The Kier molecular flexibility index (Phi) is 4.26. The van der Waals surface area contributed by atoms with Crippen molar-refractivity contribution in [2.45, 2.75) is 44.6 Å². The van der Waals surface area contributed by atoms with Gasteiger partial charge in [0.1, 0.15) is 11.6 Å². The third kappa shape index (κ3) is 3.07. The number of nitrogens with zero attached hydrogens (tertiary/aromatic N) is 7. The zero-order chi connectivity index (χ0) is 18.2. The van der Waals surface area contributed by atoms with Gasteiger partial charge in [0.05, 0.1) is 5.92 Å². The Morgan fingerprint density at radius 3 is 2.63 bits per heavy atom. The number of amides is 1. The van der Waals surface area contributed by atoms with E-state index in [0.717, 1.165) is 82.4 Å². The SMILES string of the molecule is O=C([C@H]1CCc2nnc([C@H]3CCN(c4ncccn4)C3)n2C1)N1CCCC1. The molecule has 0 N–H and O–H groups in total. The summed E-state index contributed by atoms with van der Waals surface area (Å²) in [6.45, 7) is 4.35. The number of hydrogen-bond acceptors (Lipinski definition) is 6. The Balaban J connectivity index is 1.32. The highest BCUT2D eigenvalue weighted by atomic mass is 16.2. The van der Waals surface area contributed by atoms with Crippen LogP contribution >= 0.6 is 0 Å². The van der Waals surface area contributed by atoms with E-state index >= 15 is 0 Å². The third-order valence-electron chi connectivity index (χ3n) is 6.13. The summed E-state index contributed by atoms with van der Waals surface area (Å²) in [4.78, 5) is 25.8. The molecule has 2 saturated heterocycles. The number of likely N-dealkylation sites (tertiary alicyclic amines) is 1. The number of anilines is 1. The highest BCUT2D eigenvalue weighted by Crippen LogP contribution is 2.31. The van der Waals surface area contributed by atoms with Crippen LogP contribution < -0.4 is 4.90 Å². The van der Waals surface area contributed by atoms with E-state index in [0.29, 0.717) is 11.8 Å². The Labute approximate surface area is 158 Å². The van der Waals surface area contributed by atoms with Gasteiger partial charge in [-0.05, 0) is 31.7 Å². The molecule has 3 aliphatic rings. The Morgan fingerprint density at radius 2 is 1.81 bits per heavy atom. The molecule has 1 amide bonds. The van der Waals surface area contributed by atoms with Crippen LogP contribution in [-0.4, -0.2) is 61.7 Å². The molecule has 8 heteroatoms. The fourth-order valence-electron chi connectivity index (χ4n) is 4.65. The predicted octanol–water partition coefficient (Wildman–Crippen LogP) is 1.25. The number of fused-ring (bicyclic) bond motifs is 1. The Morgan fingerprint density at radius 1 is 1.00 bits per heavy atom. The first-order valence-corrected chi connectivity index (χ1v) is 10.0. The summed E-state index contributed by atoms with van der Waals surface area (Å²) < 4.78 is 2.22. The quantitative estimate of drug-likeness (QED) is 0.812. The van der Waals surface area contributed by atoms with Crippen LogP contribution in [0.1, 0.15) is 43.3 Å². The van der Waals surface area contributed by atoms with Crippen LogP contribution in [0.2, 0.25) is 0 Å². The van der Waals surface area contributed by atoms with Crippen molar-refractivity contribution in [3.63, 3.8) is 0 Å². The van der Waals surface area contributed by atoms with E-state index in [1.807, 2.05) is 11.0 Å². The van der Waals surface area contributed by atoms with Crippen molar-refractivity contribution in [2.75, 3.05) is 31.1 Å². The molecule has 5 rings (SSSR count). The molecular formula is C19H25N7O. The molecule has 3 aliphatic heterocycles. The van der Waals surface area contributed by atoms with Gasteiger partial charge in [0, 0.05) is 57.5 Å². The van der Waals surface area contributed by atoms with Gasteiger partial charge in [-0.15, -0.1) is 10.2 Å². The molecule has 0 unspecified atom stereocenters. The first-order valence-electron chi connectivity index (χ1n) is 10.0. The fourth-order valence-corrected chi connectivity index (χ4v) is 4.65. The number of carbonyl (C=O) groups excluding carboxylic acids is 1. The smallest absolute Gasteiger partial charge is 0.227 e. The predicted molar refractivity (Wildman–Crippen MR) is 99.3 cm³/mol. The summed E-state index contributed by atoms with van der Waals surface area (Å²) in [6.07, 6.45) is 8.59. The molecule has 0 saturated carbocycles. The molecule has 0 aromatic carbocycles. The number of aromatic nitrogens is 5. The van der Waals surface area contributed by atoms with Crippen molar-refractivity contribution >= 4 is 11.9 Å². The monoisotopic (exact) mass is 367 g/mol. The second-order valence-electron chi connectivity index (χ2n) is 7.83. The van der Waals surface area contributed by atoms with E-state index < -0.39 is 0 Å². The molecule has 142 valence electrons. The van der Waals surface area contributed by atoms with Gasteiger partial charge in [0.15, 0.2) is 0 Å². The molecule has 5 heterocycles. The lowest BCUT2D eigenvalue weighted by Crippen LogP contribution is -2.38. The number of rotatable bonds is 3. The Hall–Kier alpha value is -2.51. The van der Waals surface area contributed by atoms with Crippen molar-refractivity contribution in [3.05, 3.63) is 30.1 Å². The van der Waals surface area contributed by atoms with Gasteiger partial charge in [0.25, 0.3) is 0 Å². The second kappa shape index (κ2) is 6.90. The van der Waals surface area contributed by atoms with E-state index in [2.05, 4.69) is 29.6 Å². The van der Waals surface area contributed by atoms with Gasteiger partial charge in [-0.25, -0.2) is 9.97 Å². The summed E-state index contributed by atoms with van der Waals surface area (Å²) in [7, 11) is 0. The third-order valence-corrected chi connectivity index (χ3v) is 6.13. The van der Waals surface area contributed by atoms with Crippen molar-refractivity contribution in [1.82, 2.24) is 29.6 Å². The lowest BCUT2D eigenvalue weighted by molar-refractivity contribution is -0.135. The van der Waals surface area contributed by atoms with Crippen LogP contribution in [0.4, 0.5) is 5.95 Å². The first kappa shape index (κ1) is 16.6. The minimum atomic E-state index is 0.0697. The minimum absolute atomic E-state index is 0.0697. The van der Waals surface area contributed by atoms with Crippen LogP contribution in [0.25, 0.3) is 0 Å². The average molecular weight is 367 g/mol. The summed E-state index contributed by atoms with van der Waals surface area (Å²) in [5.74, 6) is 3.55. The molecule has 0 aliphatic carbocycles. The highest BCUT2D eigenvalue weighted by Gasteiger charge is 2.35. The van der Waals surface area contributed by atoms with Crippen molar-refractivity contribution in [1.29, 1.82) is 0 Å². The van der Waals surface area contributed by atoms with Crippen LogP contribution in [0.3, 0.4) is 0 Å². The molecule has 27 heavy (non-hydrogen) atoms. The molecule has 8 nitrogen and oxygen atoms in total. The maximum atomic E-state index is 12.8. The lowest BCUT2D eigenvalue weighted by Gasteiger charge is -2.28. The van der Waals surface area contributed by atoms with Gasteiger partial charge in [-0.1, -0.05) is 0 Å². The second-order valence-corrected chi connectivity index (χ2v) is 7.83. The van der Waals surface area contributed by atoms with Crippen LogP contribution in [0.5, 0.6) is 0 Å². The molecule has 0 bridgehead atoms. The maximum Gasteiger partial charge on any atom is 0.227 e. The minimum Gasteiger partial charge on any atom is -0.342 e. The molecule has 0 radical (unpaired) electrons. The van der Waals surface area contributed by atoms with Crippen LogP contribution in [0.15, 0.2) is 18.5 Å². The van der Waals surface area contributed by atoms with Gasteiger partial charge in [-0.3, -0.25) is 4.79 Å². The van der Waals surface area contributed by atoms with Gasteiger partial charge in [0.2, 0.25) is 11.9 Å². The van der Waals surface area contributed by atoms with E-state index in [1.54, 1.807) is 12.4 Å². The van der Waals surface area contributed by atoms with Crippen molar-refractivity contribution in [3.8, 4) is 0 Å². The molecule has 2 aromatic heterocycles. The highest BCUT2D eigenvalue weighted by molar-refractivity contribution is 5.79. The number of aryl methyl sites for hydroxylation is 1. The fraction of sp³-hybridized carbons (Fsp3) is 0.632. The summed E-state index contributed by atoms with van der Waals surface area (Å²) >= 11 is 0. The van der Waals surface area contributed by atoms with Crippen molar-refractivity contribution < 1.29 is 4.79 Å². The average Bonchev–Trinajstić information content (AvgIpc) is 3.47. The number of carbonyl (C=O) groups is 1. The van der Waals surface area contributed by atoms with Crippen LogP contribution in [0, 0.1) is 5.92 Å². The molecule has 2 atom stereocenters. The molecule has 0 spiro atoms. The number of hydrogen-bond donors (Lipinski definition) is 0. The van der Waals surface area contributed by atoms with Crippen LogP contribution in [-0.2, 0) is 17.8 Å². The summed E-state index contributed by atoms with van der Waals surface area (Å²) in [6, 6.07) is 1.84. The standard InChI is InChI=1S/C19H25N7O/c27-18(24-9-1-2-10-24)15-4-5-16-22-23-17(26(16)13-15)14-6-11-25(12-14)19-20-7-3-8-21-19/h3,7-8,14-15H,1-2,4-6,9-13H2/t14-,15-/m0/s1. The van der Waals surface area contributed by atoms with E-state index in [9.17, 15) is 4.79 Å². The van der Waals surface area contributed by atoms with E-state index in [-0.39, 0.29) is 5.92 Å². The van der Waals surface area contributed by atoms with E-state index in [1.165, 1.54) is 0 Å². The zero-order valence-corrected chi connectivity index (χ0v) is 15.5. The normalized spacial score (nSPS) is 25.0. The Bertz CT molecular complexity index is 815. The van der Waals surface area contributed by atoms with Gasteiger partial charge < -0.3 is 14.4 Å². The largest absolute Gasteiger partial charge is 0.342 e. The topological polar surface area (TPSA) is 80.0 Å². The van der Waals surface area contributed by atoms with Gasteiger partial charge in [-0.2, -0.15) is 0 Å². The summed E-state index contributed by atoms with van der Waals surface area (Å²) in [5, 5.41) is 8.95. The zero-order valence-electron chi connectivity index (χ0n) is 15.5. The van der Waals surface area contributed by atoms with Crippen molar-refractivity contribution in [2.24, 2.45) is 5.92 Å². The van der Waals surface area contributed by atoms with E-state index in [4.69, 9.17) is 0 Å².